The first-order valence-corrected chi connectivity index (χ1v) is 7.09. The van der Waals surface area contributed by atoms with Crippen molar-refractivity contribution in [3.05, 3.63) is 33.7 Å². The fourth-order valence-electron chi connectivity index (χ4n) is 2.50. The van der Waals surface area contributed by atoms with Crippen molar-refractivity contribution >= 4 is 21.4 Å². The summed E-state index contributed by atoms with van der Waals surface area (Å²) < 4.78 is 1.45. The molecule has 0 aliphatic heterocycles. The SMILES string of the molecule is CCNC(C)c1sc2c(C)cc(C)cc2c1C. The molecule has 0 bridgehead atoms. The lowest BCUT2D eigenvalue weighted by Crippen LogP contribution is -2.17. The molecule has 1 nitrogen and oxygen atoms in total. The Morgan fingerprint density at radius 3 is 2.59 bits per heavy atom. The van der Waals surface area contributed by atoms with Crippen LogP contribution in [0.5, 0.6) is 0 Å². The van der Waals surface area contributed by atoms with Crippen LogP contribution >= 0.6 is 11.3 Å². The minimum Gasteiger partial charge on any atom is -0.310 e. The van der Waals surface area contributed by atoms with Gasteiger partial charge in [0.25, 0.3) is 0 Å². The second kappa shape index (κ2) is 4.79. The maximum Gasteiger partial charge on any atom is 0.0389 e. The van der Waals surface area contributed by atoms with Crippen molar-refractivity contribution in [2.45, 2.75) is 40.7 Å². The van der Waals surface area contributed by atoms with E-state index >= 15 is 0 Å². The van der Waals surface area contributed by atoms with Crippen LogP contribution in [-0.4, -0.2) is 6.54 Å². The van der Waals surface area contributed by atoms with Crippen LogP contribution in [0.25, 0.3) is 10.1 Å². The maximum atomic E-state index is 3.51. The number of fused-ring (bicyclic) bond motifs is 1. The highest BCUT2D eigenvalue weighted by Crippen LogP contribution is 2.37. The largest absolute Gasteiger partial charge is 0.310 e. The highest BCUT2D eigenvalue weighted by molar-refractivity contribution is 7.19. The van der Waals surface area contributed by atoms with Gasteiger partial charge in [0.1, 0.15) is 0 Å². The van der Waals surface area contributed by atoms with Crippen molar-refractivity contribution in [2.75, 3.05) is 6.54 Å². The lowest BCUT2D eigenvalue weighted by molar-refractivity contribution is 0.605. The average Bonchev–Trinajstić information content (AvgIpc) is 2.57. The molecule has 2 aromatic rings. The molecule has 0 saturated carbocycles. The van der Waals surface area contributed by atoms with E-state index in [0.29, 0.717) is 6.04 Å². The normalized spacial score (nSPS) is 13.2. The Morgan fingerprint density at radius 2 is 1.94 bits per heavy atom. The molecular weight excluding hydrogens is 226 g/mol. The zero-order chi connectivity index (χ0) is 12.6. The Bertz CT molecular complexity index is 539. The molecular formula is C15H21NS. The second-order valence-electron chi connectivity index (χ2n) is 4.83. The summed E-state index contributed by atoms with van der Waals surface area (Å²) in [5.41, 5.74) is 4.21. The van der Waals surface area contributed by atoms with Crippen LogP contribution in [-0.2, 0) is 0 Å². The molecule has 0 aliphatic carbocycles. The van der Waals surface area contributed by atoms with Gasteiger partial charge < -0.3 is 5.32 Å². The van der Waals surface area contributed by atoms with E-state index in [1.54, 1.807) is 0 Å². The number of rotatable bonds is 3. The predicted molar refractivity (Wildman–Crippen MR) is 78.1 cm³/mol. The van der Waals surface area contributed by atoms with Crippen molar-refractivity contribution in [3.8, 4) is 0 Å². The molecule has 92 valence electrons. The summed E-state index contributed by atoms with van der Waals surface area (Å²) >= 11 is 1.94. The van der Waals surface area contributed by atoms with E-state index in [1.807, 2.05) is 11.3 Å². The Labute approximate surface area is 108 Å². The summed E-state index contributed by atoms with van der Waals surface area (Å²) in [5, 5.41) is 4.95. The third-order valence-electron chi connectivity index (χ3n) is 3.31. The van der Waals surface area contributed by atoms with Gasteiger partial charge in [-0.2, -0.15) is 0 Å². The Hall–Kier alpha value is -0.860. The summed E-state index contributed by atoms with van der Waals surface area (Å²) in [5.74, 6) is 0. The zero-order valence-electron chi connectivity index (χ0n) is 11.3. The lowest BCUT2D eigenvalue weighted by Gasteiger charge is -2.11. The van der Waals surface area contributed by atoms with Crippen molar-refractivity contribution in [1.82, 2.24) is 5.32 Å². The first kappa shape index (κ1) is 12.6. The van der Waals surface area contributed by atoms with Gasteiger partial charge in [0.15, 0.2) is 0 Å². The van der Waals surface area contributed by atoms with E-state index in [1.165, 1.54) is 31.7 Å². The summed E-state index contributed by atoms with van der Waals surface area (Å²) in [6.07, 6.45) is 0. The first-order chi connectivity index (χ1) is 8.04. The second-order valence-corrected chi connectivity index (χ2v) is 5.88. The van der Waals surface area contributed by atoms with Crippen LogP contribution in [0.1, 0.15) is 41.5 Å². The van der Waals surface area contributed by atoms with E-state index < -0.39 is 0 Å². The molecule has 0 aliphatic rings. The van der Waals surface area contributed by atoms with Gasteiger partial charge in [-0.3, -0.25) is 0 Å². The van der Waals surface area contributed by atoms with Gasteiger partial charge in [0.05, 0.1) is 0 Å². The Balaban J connectivity index is 2.60. The van der Waals surface area contributed by atoms with Gasteiger partial charge in [-0.25, -0.2) is 0 Å². The van der Waals surface area contributed by atoms with Crippen LogP contribution < -0.4 is 5.32 Å². The summed E-state index contributed by atoms with van der Waals surface area (Å²) in [6.45, 7) is 12.1. The smallest absolute Gasteiger partial charge is 0.0389 e. The third kappa shape index (κ3) is 2.24. The number of nitrogens with one attached hydrogen (secondary N) is 1. The summed E-state index contributed by atoms with van der Waals surface area (Å²) in [7, 11) is 0. The predicted octanol–water partition coefficient (Wildman–Crippen LogP) is 4.50. The Kier molecular flexibility index (Phi) is 3.55. The fourth-order valence-corrected chi connectivity index (χ4v) is 3.78. The van der Waals surface area contributed by atoms with Gasteiger partial charge in [0, 0.05) is 15.6 Å². The fraction of sp³-hybridized carbons (Fsp3) is 0.467. The molecule has 1 aromatic heterocycles. The average molecular weight is 247 g/mol. The molecule has 1 N–H and O–H groups in total. The van der Waals surface area contributed by atoms with Gasteiger partial charge >= 0.3 is 0 Å². The van der Waals surface area contributed by atoms with Gasteiger partial charge in [0.2, 0.25) is 0 Å². The van der Waals surface area contributed by atoms with E-state index in [9.17, 15) is 0 Å². The highest BCUT2D eigenvalue weighted by atomic mass is 32.1. The Morgan fingerprint density at radius 1 is 1.24 bits per heavy atom. The minimum absolute atomic E-state index is 0.456. The minimum atomic E-state index is 0.456. The molecule has 2 heteroatoms. The van der Waals surface area contributed by atoms with Crippen molar-refractivity contribution in [1.29, 1.82) is 0 Å². The van der Waals surface area contributed by atoms with Crippen molar-refractivity contribution < 1.29 is 0 Å². The number of hydrogen-bond acceptors (Lipinski definition) is 2. The molecule has 1 atom stereocenters. The quantitative estimate of drug-likeness (QED) is 0.842. The molecule has 0 spiro atoms. The lowest BCUT2D eigenvalue weighted by atomic mass is 10.0. The third-order valence-corrected chi connectivity index (χ3v) is 4.93. The van der Waals surface area contributed by atoms with E-state index in [0.717, 1.165) is 6.54 Å². The van der Waals surface area contributed by atoms with Crippen molar-refractivity contribution in [3.63, 3.8) is 0 Å². The number of hydrogen-bond donors (Lipinski definition) is 1. The number of aryl methyl sites for hydroxylation is 3. The first-order valence-electron chi connectivity index (χ1n) is 6.28. The van der Waals surface area contributed by atoms with Gasteiger partial charge in [-0.15, -0.1) is 11.3 Å². The van der Waals surface area contributed by atoms with Crippen LogP contribution in [0.3, 0.4) is 0 Å². The van der Waals surface area contributed by atoms with E-state index in [2.05, 4.69) is 52.1 Å². The topological polar surface area (TPSA) is 12.0 Å². The van der Waals surface area contributed by atoms with Gasteiger partial charge in [-0.1, -0.05) is 24.6 Å². The maximum absolute atomic E-state index is 3.51. The molecule has 0 saturated heterocycles. The van der Waals surface area contributed by atoms with Crippen LogP contribution in [0.4, 0.5) is 0 Å². The van der Waals surface area contributed by atoms with E-state index in [4.69, 9.17) is 0 Å². The summed E-state index contributed by atoms with van der Waals surface area (Å²) in [4.78, 5) is 1.48. The number of benzene rings is 1. The molecule has 2 rings (SSSR count). The van der Waals surface area contributed by atoms with Crippen LogP contribution in [0, 0.1) is 20.8 Å². The molecule has 17 heavy (non-hydrogen) atoms. The van der Waals surface area contributed by atoms with Gasteiger partial charge in [-0.05, 0) is 50.8 Å². The summed E-state index contributed by atoms with van der Waals surface area (Å²) in [6, 6.07) is 5.05. The molecule has 1 unspecified atom stereocenters. The van der Waals surface area contributed by atoms with Crippen molar-refractivity contribution in [2.24, 2.45) is 0 Å². The van der Waals surface area contributed by atoms with Crippen LogP contribution in [0.15, 0.2) is 12.1 Å². The zero-order valence-corrected chi connectivity index (χ0v) is 12.2. The molecule has 1 heterocycles. The molecule has 0 radical (unpaired) electrons. The molecule has 0 amide bonds. The van der Waals surface area contributed by atoms with E-state index in [-0.39, 0.29) is 0 Å². The molecule has 0 fully saturated rings. The highest BCUT2D eigenvalue weighted by Gasteiger charge is 2.14. The molecule has 1 aromatic carbocycles. The monoisotopic (exact) mass is 247 g/mol. The number of thiophene rings is 1. The standard InChI is InChI=1S/C15H21NS/c1-6-16-12(5)15-11(4)13-8-9(2)7-10(3)14(13)17-15/h7-8,12,16H,6H2,1-5H3. The van der Waals surface area contributed by atoms with Crippen LogP contribution in [0.2, 0.25) is 0 Å².